The molecule has 0 aliphatic heterocycles. The second-order valence-electron chi connectivity index (χ2n) is 9.71. The van der Waals surface area contributed by atoms with Gasteiger partial charge in [0.2, 0.25) is 11.8 Å². The molecule has 2 amide bonds. The third-order valence-electron chi connectivity index (χ3n) is 7.62. The normalized spacial score (nSPS) is 33.7. The molecule has 5 atom stereocenters. The van der Waals surface area contributed by atoms with Crippen LogP contribution in [0.25, 0.3) is 0 Å². The summed E-state index contributed by atoms with van der Waals surface area (Å²) >= 11 is 1.71. The molecule has 1 heterocycles. The minimum Gasteiger partial charge on any atom is -0.354 e. The number of nitrogens with zero attached hydrogens (tertiary/aromatic N) is 1. The van der Waals surface area contributed by atoms with E-state index in [1.54, 1.807) is 18.3 Å². The third kappa shape index (κ3) is 3.98. The van der Waals surface area contributed by atoms with Crippen LogP contribution in [0, 0.1) is 17.3 Å². The number of hydrogen-bond donors (Lipinski definition) is 2. The molecule has 160 valence electrons. The van der Waals surface area contributed by atoms with Crippen molar-refractivity contribution >= 4 is 23.2 Å². The summed E-state index contributed by atoms with van der Waals surface area (Å²) in [7, 11) is 0. The molecular weight excluding hydrogens is 382 g/mol. The van der Waals surface area contributed by atoms with Crippen LogP contribution in [0.5, 0.6) is 0 Å². The Morgan fingerprint density at radius 2 is 1.90 bits per heavy atom. The quantitative estimate of drug-likeness (QED) is 0.678. The second kappa shape index (κ2) is 8.03. The van der Waals surface area contributed by atoms with Crippen LogP contribution in [0.2, 0.25) is 0 Å². The molecule has 6 heteroatoms. The highest BCUT2D eigenvalue weighted by molar-refractivity contribution is 7.07. The van der Waals surface area contributed by atoms with E-state index in [4.69, 9.17) is 0 Å². The van der Waals surface area contributed by atoms with E-state index < -0.39 is 0 Å². The standard InChI is InChI=1S/C23H35N3O2S/c1-4-26(5-2)20(19-6-7-29-14-19)13-24-21(28)22-9-17-8-18(10-22)12-23(11-17,15-22)25-16(3)27/h6-7,14,17-18,20H,4-5,8-13,15H2,1-3H3,(H,24,28)(H,25,27)/t17-,18+,20-,22?,23?/m1/s1. The second-order valence-corrected chi connectivity index (χ2v) is 10.5. The zero-order valence-electron chi connectivity index (χ0n) is 18.0. The van der Waals surface area contributed by atoms with Crippen molar-refractivity contribution in [1.82, 2.24) is 15.5 Å². The fraction of sp³-hybridized carbons (Fsp3) is 0.739. The molecule has 2 unspecified atom stereocenters. The molecule has 5 rings (SSSR count). The van der Waals surface area contributed by atoms with Crippen molar-refractivity contribution in [2.45, 2.75) is 70.9 Å². The van der Waals surface area contributed by atoms with Crippen molar-refractivity contribution in [2.24, 2.45) is 17.3 Å². The van der Waals surface area contributed by atoms with Gasteiger partial charge in [-0.15, -0.1) is 0 Å². The van der Waals surface area contributed by atoms with Gasteiger partial charge in [-0.1, -0.05) is 13.8 Å². The number of thiophene rings is 1. The Balaban J connectivity index is 1.49. The van der Waals surface area contributed by atoms with Crippen LogP contribution in [-0.4, -0.2) is 41.9 Å². The molecule has 1 aromatic rings. The van der Waals surface area contributed by atoms with Crippen molar-refractivity contribution in [3.8, 4) is 0 Å². The lowest BCUT2D eigenvalue weighted by Crippen LogP contribution is -2.66. The van der Waals surface area contributed by atoms with E-state index in [0.29, 0.717) is 18.4 Å². The molecule has 4 fully saturated rings. The lowest BCUT2D eigenvalue weighted by molar-refractivity contribution is -0.153. The molecular formula is C23H35N3O2S. The lowest BCUT2D eigenvalue weighted by Gasteiger charge is -2.61. The van der Waals surface area contributed by atoms with E-state index in [1.807, 2.05) is 0 Å². The minimum atomic E-state index is -0.297. The van der Waals surface area contributed by atoms with Crippen LogP contribution in [0.3, 0.4) is 0 Å². The van der Waals surface area contributed by atoms with Gasteiger partial charge in [-0.2, -0.15) is 11.3 Å². The van der Waals surface area contributed by atoms with Gasteiger partial charge in [0.15, 0.2) is 0 Å². The molecule has 5 nitrogen and oxygen atoms in total. The SMILES string of the molecule is CCN(CC)[C@H](CNC(=O)C12C[C@@H]3C[C@@H](CC(NC(C)=O)(C3)C1)C2)c1ccsc1. The Morgan fingerprint density at radius 1 is 1.21 bits per heavy atom. The molecule has 0 radical (unpaired) electrons. The topological polar surface area (TPSA) is 61.4 Å². The van der Waals surface area contributed by atoms with Crippen LogP contribution >= 0.6 is 11.3 Å². The average Bonchev–Trinajstić information content (AvgIpc) is 3.17. The summed E-state index contributed by atoms with van der Waals surface area (Å²) in [5.74, 6) is 1.41. The molecule has 4 saturated carbocycles. The predicted octanol–water partition coefficient (Wildman–Crippen LogP) is 3.72. The van der Waals surface area contributed by atoms with Crippen LogP contribution in [-0.2, 0) is 9.59 Å². The van der Waals surface area contributed by atoms with E-state index >= 15 is 0 Å². The number of carbonyl (C=O) groups is 2. The minimum absolute atomic E-state index is 0.0431. The largest absolute Gasteiger partial charge is 0.354 e. The number of hydrogen-bond acceptors (Lipinski definition) is 4. The Labute approximate surface area is 178 Å². The van der Waals surface area contributed by atoms with E-state index in [-0.39, 0.29) is 28.8 Å². The first-order valence-corrected chi connectivity index (χ1v) is 12.2. The van der Waals surface area contributed by atoms with Gasteiger partial charge in [0.25, 0.3) is 0 Å². The van der Waals surface area contributed by atoms with Crippen LogP contribution in [0.4, 0.5) is 0 Å². The number of nitrogens with one attached hydrogen (secondary N) is 2. The summed E-state index contributed by atoms with van der Waals surface area (Å²) in [6, 6.07) is 2.40. The van der Waals surface area contributed by atoms with Gasteiger partial charge < -0.3 is 10.6 Å². The third-order valence-corrected chi connectivity index (χ3v) is 8.32. The Bertz CT molecular complexity index is 729. The molecule has 29 heavy (non-hydrogen) atoms. The first-order valence-electron chi connectivity index (χ1n) is 11.2. The maximum absolute atomic E-state index is 13.6. The van der Waals surface area contributed by atoms with Crippen molar-refractivity contribution in [2.75, 3.05) is 19.6 Å². The Morgan fingerprint density at radius 3 is 2.45 bits per heavy atom. The van der Waals surface area contributed by atoms with Gasteiger partial charge in [0.1, 0.15) is 0 Å². The number of amides is 2. The first-order chi connectivity index (χ1) is 13.9. The van der Waals surface area contributed by atoms with Gasteiger partial charge in [-0.3, -0.25) is 14.5 Å². The maximum atomic E-state index is 13.6. The molecule has 0 spiro atoms. The zero-order valence-corrected chi connectivity index (χ0v) is 18.8. The molecule has 2 N–H and O–H groups in total. The first kappa shape index (κ1) is 20.9. The number of likely N-dealkylation sites (N-methyl/N-ethyl adjacent to an activating group) is 1. The van der Waals surface area contributed by atoms with Crippen molar-refractivity contribution in [1.29, 1.82) is 0 Å². The molecule has 0 saturated heterocycles. The van der Waals surface area contributed by atoms with Crippen molar-refractivity contribution < 1.29 is 9.59 Å². The highest BCUT2D eigenvalue weighted by Crippen LogP contribution is 2.61. The molecule has 1 aromatic heterocycles. The van der Waals surface area contributed by atoms with Gasteiger partial charge in [0.05, 0.1) is 11.5 Å². The summed E-state index contributed by atoms with van der Waals surface area (Å²) in [6.45, 7) is 8.56. The summed E-state index contributed by atoms with van der Waals surface area (Å²) < 4.78 is 0. The predicted molar refractivity (Wildman–Crippen MR) is 117 cm³/mol. The highest BCUT2D eigenvalue weighted by atomic mass is 32.1. The summed E-state index contributed by atoms with van der Waals surface area (Å²) in [6.07, 6.45) is 6.13. The van der Waals surface area contributed by atoms with E-state index in [0.717, 1.165) is 45.2 Å². The highest BCUT2D eigenvalue weighted by Gasteiger charge is 2.60. The fourth-order valence-electron chi connectivity index (χ4n) is 7.01. The zero-order chi connectivity index (χ0) is 20.6. The number of rotatable bonds is 8. The lowest BCUT2D eigenvalue weighted by atomic mass is 9.46. The smallest absolute Gasteiger partial charge is 0.226 e. The van der Waals surface area contributed by atoms with Gasteiger partial charge in [-0.25, -0.2) is 0 Å². The van der Waals surface area contributed by atoms with Crippen molar-refractivity contribution in [3.63, 3.8) is 0 Å². The summed E-state index contributed by atoms with van der Waals surface area (Å²) in [5, 5.41) is 10.9. The van der Waals surface area contributed by atoms with Gasteiger partial charge in [-0.05, 0) is 85.8 Å². The maximum Gasteiger partial charge on any atom is 0.226 e. The monoisotopic (exact) mass is 417 g/mol. The molecule has 4 aliphatic carbocycles. The fourth-order valence-corrected chi connectivity index (χ4v) is 7.72. The van der Waals surface area contributed by atoms with E-state index in [9.17, 15) is 9.59 Å². The Kier molecular flexibility index (Phi) is 5.77. The van der Waals surface area contributed by atoms with Crippen LogP contribution < -0.4 is 10.6 Å². The Hall–Kier alpha value is -1.40. The molecule has 0 aromatic carbocycles. The van der Waals surface area contributed by atoms with E-state index in [1.165, 1.54) is 12.0 Å². The molecule has 4 bridgehead atoms. The summed E-state index contributed by atoms with van der Waals surface area (Å²) in [5.41, 5.74) is 0.840. The van der Waals surface area contributed by atoms with E-state index in [2.05, 4.69) is 46.2 Å². The van der Waals surface area contributed by atoms with Crippen molar-refractivity contribution in [3.05, 3.63) is 22.4 Å². The van der Waals surface area contributed by atoms with Gasteiger partial charge >= 0.3 is 0 Å². The average molecular weight is 418 g/mol. The molecule has 4 aliphatic rings. The van der Waals surface area contributed by atoms with Crippen LogP contribution in [0.1, 0.15) is 70.9 Å². The summed E-state index contributed by atoms with van der Waals surface area (Å²) in [4.78, 5) is 27.8. The number of carbonyl (C=O) groups excluding carboxylic acids is 2. The van der Waals surface area contributed by atoms with Gasteiger partial charge in [0, 0.05) is 19.0 Å². The van der Waals surface area contributed by atoms with Crippen LogP contribution in [0.15, 0.2) is 16.8 Å².